The standard InChI is InChI=1S/C18H27N3O4/c1-19-18(20-7-2-8-23-15-5-9-22-10-6-15)21-12-14-3-4-16-17(11-14)25-13-24-16/h3-4,11,15H,2,5-10,12-13H2,1H3,(H2,19,20,21). The molecule has 0 spiro atoms. The maximum Gasteiger partial charge on any atom is 0.231 e. The first-order valence-corrected chi connectivity index (χ1v) is 8.87. The summed E-state index contributed by atoms with van der Waals surface area (Å²) in [4.78, 5) is 4.24. The molecule has 0 atom stereocenters. The van der Waals surface area contributed by atoms with E-state index in [1.54, 1.807) is 7.05 Å². The van der Waals surface area contributed by atoms with Crippen LogP contribution in [0.1, 0.15) is 24.8 Å². The van der Waals surface area contributed by atoms with Crippen molar-refractivity contribution in [3.63, 3.8) is 0 Å². The minimum Gasteiger partial charge on any atom is -0.454 e. The van der Waals surface area contributed by atoms with Crippen LogP contribution in [0.3, 0.4) is 0 Å². The summed E-state index contributed by atoms with van der Waals surface area (Å²) in [5, 5.41) is 6.61. The highest BCUT2D eigenvalue weighted by molar-refractivity contribution is 5.79. The van der Waals surface area contributed by atoms with E-state index in [9.17, 15) is 0 Å². The van der Waals surface area contributed by atoms with Crippen molar-refractivity contribution < 1.29 is 18.9 Å². The first-order valence-electron chi connectivity index (χ1n) is 8.87. The maximum atomic E-state index is 5.86. The van der Waals surface area contributed by atoms with Gasteiger partial charge in [-0.3, -0.25) is 4.99 Å². The third kappa shape index (κ3) is 5.51. The van der Waals surface area contributed by atoms with Crippen LogP contribution in [0, 0.1) is 0 Å². The fourth-order valence-corrected chi connectivity index (χ4v) is 2.83. The van der Waals surface area contributed by atoms with Crippen molar-refractivity contribution in [3.05, 3.63) is 23.8 Å². The van der Waals surface area contributed by atoms with Gasteiger partial charge in [-0.1, -0.05) is 6.07 Å². The molecule has 0 unspecified atom stereocenters. The molecule has 0 aromatic heterocycles. The summed E-state index contributed by atoms with van der Waals surface area (Å²) in [5.74, 6) is 2.38. The molecule has 138 valence electrons. The molecule has 2 N–H and O–H groups in total. The van der Waals surface area contributed by atoms with Crippen molar-refractivity contribution in [3.8, 4) is 11.5 Å². The monoisotopic (exact) mass is 349 g/mol. The molecule has 2 heterocycles. The van der Waals surface area contributed by atoms with E-state index in [4.69, 9.17) is 18.9 Å². The number of ether oxygens (including phenoxy) is 4. The third-order valence-corrected chi connectivity index (χ3v) is 4.26. The zero-order valence-electron chi connectivity index (χ0n) is 14.8. The summed E-state index contributed by atoms with van der Waals surface area (Å²) in [7, 11) is 1.77. The Morgan fingerprint density at radius 1 is 1.20 bits per heavy atom. The predicted octanol–water partition coefficient (Wildman–Crippen LogP) is 1.67. The van der Waals surface area contributed by atoms with Crippen LogP contribution >= 0.6 is 0 Å². The highest BCUT2D eigenvalue weighted by Crippen LogP contribution is 2.32. The molecule has 7 heteroatoms. The zero-order valence-corrected chi connectivity index (χ0v) is 14.8. The summed E-state index contributed by atoms with van der Waals surface area (Å²) in [6.45, 7) is 4.19. The van der Waals surface area contributed by atoms with Gasteiger partial charge in [-0.05, 0) is 37.0 Å². The molecule has 0 bridgehead atoms. The van der Waals surface area contributed by atoms with Gasteiger partial charge in [0.15, 0.2) is 17.5 Å². The molecule has 2 aliphatic rings. The van der Waals surface area contributed by atoms with Crippen molar-refractivity contribution in [2.75, 3.05) is 40.2 Å². The first kappa shape index (κ1) is 17.8. The van der Waals surface area contributed by atoms with Crippen molar-refractivity contribution in [1.82, 2.24) is 10.6 Å². The van der Waals surface area contributed by atoms with Crippen LogP contribution in [0.25, 0.3) is 0 Å². The average Bonchev–Trinajstić information content (AvgIpc) is 3.12. The molecule has 3 rings (SSSR count). The van der Waals surface area contributed by atoms with Crippen LogP contribution in [0.5, 0.6) is 11.5 Å². The maximum absolute atomic E-state index is 5.86. The Bertz CT molecular complexity index is 573. The summed E-state index contributed by atoms with van der Waals surface area (Å²) in [6.07, 6.45) is 3.32. The van der Waals surface area contributed by atoms with Crippen LogP contribution in [0.15, 0.2) is 23.2 Å². The molecule has 1 aromatic carbocycles. The Labute approximate surface area is 148 Å². The Kier molecular flexibility index (Phi) is 6.76. The Hall–Kier alpha value is -1.99. The molecule has 1 saturated heterocycles. The number of fused-ring (bicyclic) bond motifs is 1. The zero-order chi connectivity index (χ0) is 17.3. The van der Waals surface area contributed by atoms with Gasteiger partial charge in [0.25, 0.3) is 0 Å². The number of guanidine groups is 1. The van der Waals surface area contributed by atoms with Gasteiger partial charge in [0, 0.05) is 40.0 Å². The number of nitrogens with zero attached hydrogens (tertiary/aromatic N) is 1. The lowest BCUT2D eigenvalue weighted by Crippen LogP contribution is -2.37. The van der Waals surface area contributed by atoms with Gasteiger partial charge in [0.05, 0.1) is 6.10 Å². The van der Waals surface area contributed by atoms with E-state index < -0.39 is 0 Å². The largest absolute Gasteiger partial charge is 0.454 e. The summed E-state index contributed by atoms with van der Waals surface area (Å²) in [5.41, 5.74) is 1.12. The van der Waals surface area contributed by atoms with Crippen LogP contribution in [0.4, 0.5) is 0 Å². The molecular weight excluding hydrogens is 322 g/mol. The second-order valence-electron chi connectivity index (χ2n) is 6.08. The highest BCUT2D eigenvalue weighted by atomic mass is 16.7. The Morgan fingerprint density at radius 3 is 2.88 bits per heavy atom. The minimum absolute atomic E-state index is 0.297. The normalized spacial score (nSPS) is 17.6. The predicted molar refractivity (Wildman–Crippen MR) is 95.2 cm³/mol. The van der Waals surface area contributed by atoms with E-state index in [0.717, 1.165) is 68.6 Å². The van der Waals surface area contributed by atoms with Gasteiger partial charge in [-0.2, -0.15) is 0 Å². The molecule has 0 aliphatic carbocycles. The molecular formula is C18H27N3O4. The molecule has 1 aromatic rings. The number of benzene rings is 1. The topological polar surface area (TPSA) is 73.3 Å². The molecule has 7 nitrogen and oxygen atoms in total. The lowest BCUT2D eigenvalue weighted by atomic mass is 10.1. The number of hydrogen-bond acceptors (Lipinski definition) is 5. The molecule has 0 amide bonds. The SMILES string of the molecule is CN=C(NCCCOC1CCOCC1)NCc1ccc2c(c1)OCO2. The molecule has 1 fully saturated rings. The first-order chi connectivity index (χ1) is 12.3. The number of hydrogen-bond donors (Lipinski definition) is 2. The van der Waals surface area contributed by atoms with Gasteiger partial charge in [-0.25, -0.2) is 0 Å². The highest BCUT2D eigenvalue weighted by Gasteiger charge is 2.14. The lowest BCUT2D eigenvalue weighted by molar-refractivity contribution is -0.0320. The van der Waals surface area contributed by atoms with Crippen molar-refractivity contribution in [2.45, 2.75) is 31.9 Å². The van der Waals surface area contributed by atoms with Crippen molar-refractivity contribution in [1.29, 1.82) is 0 Å². The van der Waals surface area contributed by atoms with E-state index in [1.807, 2.05) is 18.2 Å². The second-order valence-corrected chi connectivity index (χ2v) is 6.08. The van der Waals surface area contributed by atoms with E-state index in [2.05, 4.69) is 15.6 Å². The van der Waals surface area contributed by atoms with Gasteiger partial charge in [0.2, 0.25) is 6.79 Å². The van der Waals surface area contributed by atoms with E-state index in [0.29, 0.717) is 19.4 Å². The lowest BCUT2D eigenvalue weighted by Gasteiger charge is -2.22. The smallest absolute Gasteiger partial charge is 0.231 e. The van der Waals surface area contributed by atoms with Crippen LogP contribution in [-0.4, -0.2) is 52.3 Å². The van der Waals surface area contributed by atoms with E-state index in [-0.39, 0.29) is 0 Å². The summed E-state index contributed by atoms with van der Waals surface area (Å²) in [6, 6.07) is 5.95. The van der Waals surface area contributed by atoms with Gasteiger partial charge in [0.1, 0.15) is 0 Å². The molecule has 25 heavy (non-hydrogen) atoms. The van der Waals surface area contributed by atoms with Crippen LogP contribution in [-0.2, 0) is 16.0 Å². The van der Waals surface area contributed by atoms with Crippen LogP contribution in [0.2, 0.25) is 0 Å². The summed E-state index contributed by atoms with van der Waals surface area (Å²) >= 11 is 0. The second kappa shape index (κ2) is 9.48. The average molecular weight is 349 g/mol. The van der Waals surface area contributed by atoms with E-state index >= 15 is 0 Å². The molecule has 0 saturated carbocycles. The number of nitrogens with one attached hydrogen (secondary N) is 2. The molecule has 2 aliphatic heterocycles. The number of aliphatic imine (C=N–C) groups is 1. The number of rotatable bonds is 7. The Morgan fingerprint density at radius 2 is 2.04 bits per heavy atom. The van der Waals surface area contributed by atoms with Gasteiger partial charge < -0.3 is 29.6 Å². The molecule has 0 radical (unpaired) electrons. The van der Waals surface area contributed by atoms with Gasteiger partial charge in [-0.15, -0.1) is 0 Å². The fourth-order valence-electron chi connectivity index (χ4n) is 2.83. The Balaban J connectivity index is 1.31. The minimum atomic E-state index is 0.297. The van der Waals surface area contributed by atoms with Crippen molar-refractivity contribution in [2.24, 2.45) is 4.99 Å². The third-order valence-electron chi connectivity index (χ3n) is 4.26. The van der Waals surface area contributed by atoms with E-state index in [1.165, 1.54) is 0 Å². The van der Waals surface area contributed by atoms with Gasteiger partial charge >= 0.3 is 0 Å². The van der Waals surface area contributed by atoms with Crippen LogP contribution < -0.4 is 20.1 Å². The summed E-state index contributed by atoms with van der Waals surface area (Å²) < 4.78 is 21.9. The fraction of sp³-hybridized carbons (Fsp3) is 0.611. The van der Waals surface area contributed by atoms with Crippen molar-refractivity contribution >= 4 is 5.96 Å². The quantitative estimate of drug-likeness (QED) is 0.443.